The number of nitrogens with zero attached hydrogens (tertiary/aromatic N) is 3. The van der Waals surface area contributed by atoms with Gasteiger partial charge in [-0.1, -0.05) is 54.7 Å². The van der Waals surface area contributed by atoms with Crippen LogP contribution in [0.1, 0.15) is 24.5 Å². The molecule has 2 bridgehead atoms. The first-order valence-corrected chi connectivity index (χ1v) is 16.2. The predicted molar refractivity (Wildman–Crippen MR) is 171 cm³/mol. The Balaban J connectivity index is 0.000000138. The van der Waals surface area contributed by atoms with Crippen LogP contribution in [-0.2, 0) is 11.8 Å². The minimum Gasteiger partial charge on any atom is -0.493 e. The van der Waals surface area contributed by atoms with E-state index >= 15 is 0 Å². The molecule has 1 spiro atoms. The van der Waals surface area contributed by atoms with Crippen molar-refractivity contribution in [1.29, 1.82) is 0 Å². The molecule has 2 aromatic rings. The lowest BCUT2D eigenvalue weighted by atomic mass is 9.53. The number of piperidine rings is 1. The molecule has 8 atom stereocenters. The molecular formula is C35H43N3O3S. The van der Waals surface area contributed by atoms with E-state index in [-0.39, 0.29) is 11.5 Å². The number of fused-ring (bicyclic) bond motifs is 2. The summed E-state index contributed by atoms with van der Waals surface area (Å²) < 4.78 is 11.8. The lowest BCUT2D eigenvalue weighted by Gasteiger charge is -2.56. The number of likely N-dealkylation sites (N-methyl/N-ethyl adjacent to an activating group) is 2. The van der Waals surface area contributed by atoms with Gasteiger partial charge in [0.2, 0.25) is 0 Å². The summed E-state index contributed by atoms with van der Waals surface area (Å²) in [6, 6.07) is 14.5. The Morgan fingerprint density at radius 3 is 2.74 bits per heavy atom. The predicted octanol–water partition coefficient (Wildman–Crippen LogP) is 4.91. The van der Waals surface area contributed by atoms with Crippen LogP contribution in [0.5, 0.6) is 11.5 Å². The standard InChI is InChI=1S/C18H21NO3.C17H22N2S/c1-19-8-7-18-11-4-5-13(20)17(18)22-16-14(21-2)6-3-10(15(16)18)9-12(11)19;1-13(18(2)3)12-19-14-8-4-6-10-16(14)20-17-11-7-5-9-15(17)19/h3-6,11-13,17,20H,7-9H2,1-2H3;4-11,13-14,16H,12H2,1-3H3/t11-,12+,13-,17-,18-;/m0./s1. The van der Waals surface area contributed by atoms with Gasteiger partial charge in [0.15, 0.2) is 11.5 Å². The zero-order valence-electron chi connectivity index (χ0n) is 25.3. The largest absolute Gasteiger partial charge is 0.493 e. The van der Waals surface area contributed by atoms with E-state index in [4.69, 9.17) is 9.47 Å². The number of hydrogen-bond acceptors (Lipinski definition) is 7. The molecule has 0 amide bonds. The summed E-state index contributed by atoms with van der Waals surface area (Å²) in [6.07, 6.45) is 14.6. The maximum Gasteiger partial charge on any atom is 0.165 e. The summed E-state index contributed by atoms with van der Waals surface area (Å²) in [4.78, 5) is 8.74. The van der Waals surface area contributed by atoms with Crippen LogP contribution in [-0.4, -0.2) is 91.8 Å². The van der Waals surface area contributed by atoms with Gasteiger partial charge < -0.3 is 29.3 Å². The molecule has 2 aromatic carbocycles. The summed E-state index contributed by atoms with van der Waals surface area (Å²) in [5, 5.41) is 11.1. The summed E-state index contributed by atoms with van der Waals surface area (Å²) >= 11 is 1.99. The molecule has 1 saturated heterocycles. The lowest BCUT2D eigenvalue weighted by molar-refractivity contribution is -0.0453. The smallest absolute Gasteiger partial charge is 0.165 e. The highest BCUT2D eigenvalue weighted by Crippen LogP contribution is 2.62. The van der Waals surface area contributed by atoms with E-state index < -0.39 is 6.10 Å². The van der Waals surface area contributed by atoms with E-state index in [1.807, 2.05) is 23.9 Å². The molecule has 8 rings (SSSR count). The second-order valence-corrected chi connectivity index (χ2v) is 14.1. The number of ether oxygens (including phenoxy) is 2. The van der Waals surface area contributed by atoms with Gasteiger partial charge in [-0.3, -0.25) is 0 Å². The van der Waals surface area contributed by atoms with Crippen LogP contribution in [0.15, 0.2) is 77.7 Å². The number of methoxy groups -OCH3 is 1. The van der Waals surface area contributed by atoms with Crippen LogP contribution < -0.4 is 14.4 Å². The third-order valence-electron chi connectivity index (χ3n) is 10.6. The number of allylic oxidation sites excluding steroid dienone is 2. The zero-order chi connectivity index (χ0) is 29.2. The van der Waals surface area contributed by atoms with Gasteiger partial charge in [-0.25, -0.2) is 0 Å². The third kappa shape index (κ3) is 4.27. The molecule has 3 aliphatic carbocycles. The number of rotatable bonds is 4. The molecule has 42 heavy (non-hydrogen) atoms. The number of aliphatic hydroxyl groups is 1. The Morgan fingerprint density at radius 1 is 1.12 bits per heavy atom. The van der Waals surface area contributed by atoms with Crippen molar-refractivity contribution in [3.63, 3.8) is 0 Å². The van der Waals surface area contributed by atoms with Crippen LogP contribution in [0, 0.1) is 5.92 Å². The van der Waals surface area contributed by atoms with Crippen molar-refractivity contribution in [2.75, 3.05) is 46.2 Å². The molecule has 1 fully saturated rings. The van der Waals surface area contributed by atoms with Crippen molar-refractivity contribution in [3.8, 4) is 11.5 Å². The minimum atomic E-state index is -0.539. The van der Waals surface area contributed by atoms with Crippen LogP contribution in [0.3, 0.4) is 0 Å². The SMILES string of the molecule is CC(CN1c2ccccc2SC2C=CC=CC21)N(C)C.COc1ccc2c3c1O[C@H]1[C@@H](O)C=C[C@H]4[C@@H](C2)N(C)CC[C@@]341. The quantitative estimate of drug-likeness (QED) is 0.512. The van der Waals surface area contributed by atoms with Crippen LogP contribution in [0.4, 0.5) is 5.69 Å². The lowest BCUT2D eigenvalue weighted by Crippen LogP contribution is -2.64. The van der Waals surface area contributed by atoms with Gasteiger partial charge in [-0.2, -0.15) is 0 Å². The van der Waals surface area contributed by atoms with E-state index in [1.165, 1.54) is 21.7 Å². The van der Waals surface area contributed by atoms with Gasteiger partial charge in [0.05, 0.1) is 24.1 Å². The summed E-state index contributed by atoms with van der Waals surface area (Å²) in [7, 11) is 8.22. The summed E-state index contributed by atoms with van der Waals surface area (Å²) in [5.41, 5.74) is 3.98. The normalized spacial score (nSPS) is 33.6. The van der Waals surface area contributed by atoms with Gasteiger partial charge >= 0.3 is 0 Å². The number of hydrogen-bond donors (Lipinski definition) is 1. The molecule has 0 aromatic heterocycles. The molecule has 0 saturated carbocycles. The molecule has 3 unspecified atom stereocenters. The summed E-state index contributed by atoms with van der Waals surface area (Å²) in [5.74, 6) is 2.09. The molecule has 1 N–H and O–H groups in total. The number of likely N-dealkylation sites (tertiary alicyclic amines) is 1. The maximum atomic E-state index is 10.6. The fourth-order valence-electron chi connectivity index (χ4n) is 8.12. The van der Waals surface area contributed by atoms with Gasteiger partial charge in [0.1, 0.15) is 12.2 Å². The molecule has 6 aliphatic rings. The number of para-hydroxylation sites is 1. The molecule has 222 valence electrons. The summed E-state index contributed by atoms with van der Waals surface area (Å²) in [6.45, 7) is 4.41. The Labute approximate surface area is 254 Å². The highest BCUT2D eigenvalue weighted by molar-refractivity contribution is 8.00. The van der Waals surface area contributed by atoms with Crippen molar-refractivity contribution in [2.24, 2.45) is 5.92 Å². The van der Waals surface area contributed by atoms with Crippen molar-refractivity contribution in [1.82, 2.24) is 9.80 Å². The van der Waals surface area contributed by atoms with Crippen molar-refractivity contribution in [2.45, 2.75) is 65.7 Å². The Kier molecular flexibility index (Phi) is 7.21. The van der Waals surface area contributed by atoms with E-state index in [2.05, 4.69) is 103 Å². The monoisotopic (exact) mass is 585 g/mol. The molecule has 3 heterocycles. The van der Waals surface area contributed by atoms with E-state index in [9.17, 15) is 5.11 Å². The van der Waals surface area contributed by atoms with E-state index in [0.29, 0.717) is 29.3 Å². The first kappa shape index (κ1) is 28.1. The topological polar surface area (TPSA) is 48.4 Å². The molecular weight excluding hydrogens is 542 g/mol. The number of thioether (sulfide) groups is 1. The minimum absolute atomic E-state index is 0.0806. The highest BCUT2D eigenvalue weighted by Gasteiger charge is 2.64. The zero-order valence-corrected chi connectivity index (χ0v) is 26.1. The fraction of sp³-hybridized carbons (Fsp3) is 0.486. The Morgan fingerprint density at radius 2 is 1.93 bits per heavy atom. The first-order valence-electron chi connectivity index (χ1n) is 15.3. The van der Waals surface area contributed by atoms with Gasteiger partial charge in [0, 0.05) is 40.4 Å². The maximum absolute atomic E-state index is 10.6. The molecule has 7 heteroatoms. The molecule has 0 radical (unpaired) electrons. The van der Waals surface area contributed by atoms with E-state index in [0.717, 1.165) is 37.4 Å². The fourth-order valence-corrected chi connectivity index (χ4v) is 9.43. The second kappa shape index (κ2) is 10.8. The molecule has 6 nitrogen and oxygen atoms in total. The van der Waals surface area contributed by atoms with Crippen molar-refractivity contribution < 1.29 is 14.6 Å². The van der Waals surface area contributed by atoms with Gasteiger partial charge in [-0.05, 0) is 71.2 Å². The van der Waals surface area contributed by atoms with Crippen LogP contribution in [0.2, 0.25) is 0 Å². The average molecular weight is 586 g/mol. The highest BCUT2D eigenvalue weighted by atomic mass is 32.2. The average Bonchev–Trinajstić information content (AvgIpc) is 3.36. The first-order chi connectivity index (χ1) is 20.3. The number of benzene rings is 2. The number of anilines is 1. The number of aliphatic hydroxyl groups excluding tert-OH is 1. The van der Waals surface area contributed by atoms with E-state index in [1.54, 1.807) is 7.11 Å². The second-order valence-electron chi connectivity index (χ2n) is 12.9. The Hall–Kier alpha value is -2.71. The van der Waals surface area contributed by atoms with Crippen molar-refractivity contribution in [3.05, 3.63) is 84.0 Å². The third-order valence-corrected chi connectivity index (χ3v) is 11.9. The van der Waals surface area contributed by atoms with Crippen LogP contribution in [0.25, 0.3) is 0 Å². The van der Waals surface area contributed by atoms with Crippen LogP contribution >= 0.6 is 11.8 Å². The van der Waals surface area contributed by atoms with Crippen molar-refractivity contribution >= 4 is 17.4 Å². The van der Waals surface area contributed by atoms with Gasteiger partial charge in [0.25, 0.3) is 0 Å². The van der Waals surface area contributed by atoms with Gasteiger partial charge in [-0.15, -0.1) is 11.8 Å². The molecule has 3 aliphatic heterocycles. The Bertz CT molecular complexity index is 1440.